The lowest BCUT2D eigenvalue weighted by Crippen LogP contribution is -2.44. The number of rotatable bonds is 6. The van der Waals surface area contributed by atoms with E-state index in [1.165, 1.54) is 12.1 Å². The van der Waals surface area contributed by atoms with Crippen molar-refractivity contribution in [1.82, 2.24) is 4.72 Å². The monoisotopic (exact) mass is 313 g/mol. The second-order valence-corrected chi connectivity index (χ2v) is 7.28. The summed E-state index contributed by atoms with van der Waals surface area (Å²) in [5.41, 5.74) is -0.906. The van der Waals surface area contributed by atoms with Crippen LogP contribution in [0.1, 0.15) is 39.0 Å². The Hall–Kier alpha value is -1.11. The van der Waals surface area contributed by atoms with Crippen LogP contribution >= 0.6 is 0 Å². The predicted octanol–water partition coefficient (Wildman–Crippen LogP) is 2.06. The van der Waals surface area contributed by atoms with Gasteiger partial charge < -0.3 is 9.84 Å². The first-order valence-electron chi connectivity index (χ1n) is 7.40. The zero-order valence-electron chi connectivity index (χ0n) is 12.3. The van der Waals surface area contributed by atoms with Crippen LogP contribution in [0.15, 0.2) is 29.2 Å². The first kappa shape index (κ1) is 16.3. The van der Waals surface area contributed by atoms with Crippen molar-refractivity contribution in [3.63, 3.8) is 0 Å². The van der Waals surface area contributed by atoms with Gasteiger partial charge in [-0.25, -0.2) is 13.1 Å². The van der Waals surface area contributed by atoms with Crippen LogP contribution in [0.5, 0.6) is 5.75 Å². The van der Waals surface area contributed by atoms with Crippen LogP contribution in [-0.2, 0) is 10.0 Å². The van der Waals surface area contributed by atoms with E-state index < -0.39 is 15.6 Å². The second-order valence-electron chi connectivity index (χ2n) is 5.51. The molecular weight excluding hydrogens is 290 g/mol. The maximum atomic E-state index is 12.2. The Morgan fingerprint density at radius 1 is 1.19 bits per heavy atom. The fourth-order valence-electron chi connectivity index (χ4n) is 2.58. The van der Waals surface area contributed by atoms with E-state index >= 15 is 0 Å². The van der Waals surface area contributed by atoms with E-state index in [1.54, 1.807) is 12.1 Å². The highest BCUT2D eigenvalue weighted by Crippen LogP contribution is 2.27. The standard InChI is InChI=1S/C15H23NO4S/c1-2-20-13-6-8-14(9-7-13)21(18,19)16-12-15(17)10-4-3-5-11-15/h6-9,16-17H,2-5,10-12H2,1H3. The maximum absolute atomic E-state index is 12.2. The largest absolute Gasteiger partial charge is 0.494 e. The van der Waals surface area contributed by atoms with E-state index in [9.17, 15) is 13.5 Å². The highest BCUT2D eigenvalue weighted by atomic mass is 32.2. The molecule has 2 N–H and O–H groups in total. The van der Waals surface area contributed by atoms with Crippen molar-refractivity contribution in [1.29, 1.82) is 0 Å². The average molecular weight is 313 g/mol. The van der Waals surface area contributed by atoms with Crippen LogP contribution in [-0.4, -0.2) is 32.3 Å². The molecule has 0 radical (unpaired) electrons. The zero-order valence-corrected chi connectivity index (χ0v) is 13.2. The van der Waals surface area contributed by atoms with E-state index in [1.807, 2.05) is 6.92 Å². The Kier molecular flexibility index (Phi) is 5.24. The third kappa shape index (κ3) is 4.43. The molecule has 0 saturated heterocycles. The van der Waals surface area contributed by atoms with Gasteiger partial charge in [-0.15, -0.1) is 0 Å². The number of nitrogens with one attached hydrogen (secondary N) is 1. The number of hydrogen-bond acceptors (Lipinski definition) is 4. The second kappa shape index (κ2) is 6.77. The van der Waals surface area contributed by atoms with E-state index in [4.69, 9.17) is 4.74 Å². The lowest BCUT2D eigenvalue weighted by atomic mass is 9.85. The average Bonchev–Trinajstić information content (AvgIpc) is 2.47. The molecule has 6 heteroatoms. The van der Waals surface area contributed by atoms with Crippen molar-refractivity contribution in [2.75, 3.05) is 13.2 Å². The van der Waals surface area contributed by atoms with Crippen LogP contribution < -0.4 is 9.46 Å². The van der Waals surface area contributed by atoms with Gasteiger partial charge in [0, 0.05) is 6.54 Å². The van der Waals surface area contributed by atoms with E-state index in [0.29, 0.717) is 25.2 Å². The Morgan fingerprint density at radius 2 is 1.81 bits per heavy atom. The molecular formula is C15H23NO4S. The maximum Gasteiger partial charge on any atom is 0.240 e. The molecule has 0 aromatic heterocycles. The van der Waals surface area contributed by atoms with Crippen LogP contribution in [0.4, 0.5) is 0 Å². The molecule has 0 spiro atoms. The first-order valence-corrected chi connectivity index (χ1v) is 8.88. The molecule has 1 saturated carbocycles. The van der Waals surface area contributed by atoms with Crippen molar-refractivity contribution < 1.29 is 18.3 Å². The predicted molar refractivity (Wildman–Crippen MR) is 80.8 cm³/mol. The fraction of sp³-hybridized carbons (Fsp3) is 0.600. The molecule has 118 valence electrons. The lowest BCUT2D eigenvalue weighted by molar-refractivity contribution is 0.00945. The summed E-state index contributed by atoms with van der Waals surface area (Å²) >= 11 is 0. The van der Waals surface area contributed by atoms with Gasteiger partial charge in [-0.1, -0.05) is 19.3 Å². The number of ether oxygens (including phenoxy) is 1. The van der Waals surface area contributed by atoms with E-state index in [2.05, 4.69) is 4.72 Å². The van der Waals surface area contributed by atoms with Gasteiger partial charge in [0.05, 0.1) is 17.1 Å². The highest BCUT2D eigenvalue weighted by Gasteiger charge is 2.30. The molecule has 0 unspecified atom stereocenters. The molecule has 1 aliphatic carbocycles. The summed E-state index contributed by atoms with van der Waals surface area (Å²) < 4.78 is 32.3. The summed E-state index contributed by atoms with van der Waals surface area (Å²) in [5, 5.41) is 10.3. The molecule has 1 aromatic rings. The summed E-state index contributed by atoms with van der Waals surface area (Å²) in [7, 11) is -3.60. The van der Waals surface area contributed by atoms with Gasteiger partial charge in [-0.2, -0.15) is 0 Å². The Labute approximate surface area is 126 Å². The molecule has 0 bridgehead atoms. The van der Waals surface area contributed by atoms with E-state index in [-0.39, 0.29) is 11.4 Å². The third-order valence-electron chi connectivity index (χ3n) is 3.82. The normalized spacial score (nSPS) is 18.4. The fourth-order valence-corrected chi connectivity index (χ4v) is 3.70. The van der Waals surface area contributed by atoms with Crippen molar-refractivity contribution >= 4 is 10.0 Å². The van der Waals surface area contributed by atoms with Crippen LogP contribution in [0, 0.1) is 0 Å². The summed E-state index contributed by atoms with van der Waals surface area (Å²) in [6.45, 7) is 2.48. The minimum atomic E-state index is -3.60. The molecule has 0 heterocycles. The quantitative estimate of drug-likeness (QED) is 0.843. The zero-order chi connectivity index (χ0) is 15.3. The molecule has 0 atom stereocenters. The Balaban J connectivity index is 2.00. The van der Waals surface area contributed by atoms with Crippen molar-refractivity contribution in [3.05, 3.63) is 24.3 Å². The summed E-state index contributed by atoms with van der Waals surface area (Å²) in [6, 6.07) is 6.29. The van der Waals surface area contributed by atoms with Crippen molar-refractivity contribution in [3.8, 4) is 5.75 Å². The molecule has 21 heavy (non-hydrogen) atoms. The van der Waals surface area contributed by atoms with Crippen LogP contribution in [0.25, 0.3) is 0 Å². The molecule has 0 aliphatic heterocycles. The molecule has 2 rings (SSSR count). The SMILES string of the molecule is CCOc1ccc(S(=O)(=O)NCC2(O)CCCCC2)cc1. The van der Waals surface area contributed by atoms with Gasteiger partial charge >= 0.3 is 0 Å². The van der Waals surface area contributed by atoms with Crippen LogP contribution in [0.3, 0.4) is 0 Å². The number of hydrogen-bond donors (Lipinski definition) is 2. The molecule has 0 amide bonds. The first-order chi connectivity index (χ1) is 9.95. The van der Waals surface area contributed by atoms with Crippen molar-refractivity contribution in [2.24, 2.45) is 0 Å². The Bertz CT molecular complexity index is 548. The number of sulfonamides is 1. The Morgan fingerprint density at radius 3 is 2.38 bits per heavy atom. The van der Waals surface area contributed by atoms with Gasteiger partial charge in [0.1, 0.15) is 5.75 Å². The van der Waals surface area contributed by atoms with E-state index in [0.717, 1.165) is 19.3 Å². The van der Waals surface area contributed by atoms with Gasteiger partial charge in [0.25, 0.3) is 0 Å². The number of benzene rings is 1. The smallest absolute Gasteiger partial charge is 0.240 e. The van der Waals surface area contributed by atoms with Gasteiger partial charge in [-0.05, 0) is 44.0 Å². The number of aliphatic hydroxyl groups is 1. The summed E-state index contributed by atoms with van der Waals surface area (Å²) in [4.78, 5) is 0.186. The highest BCUT2D eigenvalue weighted by molar-refractivity contribution is 7.89. The van der Waals surface area contributed by atoms with Crippen molar-refractivity contribution in [2.45, 2.75) is 49.5 Å². The third-order valence-corrected chi connectivity index (χ3v) is 5.24. The topological polar surface area (TPSA) is 75.6 Å². The van der Waals surface area contributed by atoms with Gasteiger partial charge in [0.15, 0.2) is 0 Å². The molecule has 1 fully saturated rings. The molecule has 5 nitrogen and oxygen atoms in total. The van der Waals surface area contributed by atoms with Crippen LogP contribution in [0.2, 0.25) is 0 Å². The van der Waals surface area contributed by atoms with Gasteiger partial charge in [0.2, 0.25) is 10.0 Å². The summed E-state index contributed by atoms with van der Waals surface area (Å²) in [6.07, 6.45) is 4.30. The molecule has 1 aliphatic rings. The summed E-state index contributed by atoms with van der Waals surface area (Å²) in [5.74, 6) is 0.641. The molecule has 1 aromatic carbocycles. The lowest BCUT2D eigenvalue weighted by Gasteiger charge is -2.32. The minimum Gasteiger partial charge on any atom is -0.494 e. The van der Waals surface area contributed by atoms with Gasteiger partial charge in [-0.3, -0.25) is 0 Å². The minimum absolute atomic E-state index is 0.0720.